The summed E-state index contributed by atoms with van der Waals surface area (Å²) in [6.45, 7) is 13.6. The van der Waals surface area contributed by atoms with Crippen LogP contribution in [0.15, 0.2) is 70.3 Å². The number of hydrogen-bond acceptors (Lipinski definition) is 19. The molecule has 6 aromatic rings. The molecule has 4 heterocycles. The minimum Gasteiger partial charge on any atom is -0.477 e. The molecule has 0 saturated heterocycles. The van der Waals surface area contributed by atoms with Crippen molar-refractivity contribution in [1.82, 2.24) is 25.3 Å². The number of carbonyl (C=O) groups is 2. The SMILES string of the molecule is C.C.C.CCOP(=O)(CS(=O)CCNC(=O)c1ccc(N(C)Cc2ccc3nc(C)[nH]c(=O)c3c2)s1)OCC.CCOP(=O)(CSCCN)OCC.Cc1nc2ccc(CN(C)c3ccc(C(=O)O)s3)cc2c(=O)[nH]1. The highest BCUT2D eigenvalue weighted by Gasteiger charge is 2.27. The number of aromatic amines is 2. The number of aromatic carboxylic acids is 1. The molecular weight excluding hydrogens is 1080 g/mol. The molecule has 75 heavy (non-hydrogen) atoms. The summed E-state index contributed by atoms with van der Waals surface area (Å²) in [5, 5.41) is 14.6. The smallest absolute Gasteiger partial charge is 0.345 e. The lowest BCUT2D eigenvalue weighted by molar-refractivity contribution is 0.0701. The van der Waals surface area contributed by atoms with Crippen LogP contribution in [-0.4, -0.2) is 117 Å². The van der Waals surface area contributed by atoms with Crippen molar-refractivity contribution in [1.29, 1.82) is 0 Å². The number of nitrogens with two attached hydrogens (primary N) is 1. The zero-order valence-electron chi connectivity index (χ0n) is 41.6. The molecule has 0 saturated carbocycles. The number of carboxylic acids is 1. The van der Waals surface area contributed by atoms with Gasteiger partial charge in [-0.2, -0.15) is 0 Å². The summed E-state index contributed by atoms with van der Waals surface area (Å²) in [5.74, 6) is 0.894. The summed E-state index contributed by atoms with van der Waals surface area (Å²) < 4.78 is 57.1. The molecule has 2 aromatic carbocycles. The Kier molecular flexibility index (Phi) is 30.6. The minimum atomic E-state index is -3.39. The van der Waals surface area contributed by atoms with Gasteiger partial charge in [0.15, 0.2) is 0 Å². The maximum Gasteiger partial charge on any atom is 0.345 e. The Hall–Kier alpha value is -4.58. The van der Waals surface area contributed by atoms with Crippen molar-refractivity contribution in [3.05, 3.63) is 114 Å². The lowest BCUT2D eigenvalue weighted by Crippen LogP contribution is -2.27. The van der Waals surface area contributed by atoms with Crippen LogP contribution >= 0.6 is 49.6 Å². The number of fused-ring (bicyclic) bond motifs is 2. The molecular formula is C49H76N8O12P2S4. The summed E-state index contributed by atoms with van der Waals surface area (Å²) in [6.07, 6.45) is 0. The molecule has 1 unspecified atom stereocenters. The molecule has 4 aromatic heterocycles. The molecule has 418 valence electrons. The van der Waals surface area contributed by atoms with E-state index in [0.29, 0.717) is 81.6 Å². The number of H-pyrrole nitrogens is 2. The van der Waals surface area contributed by atoms with E-state index in [4.69, 9.17) is 28.9 Å². The van der Waals surface area contributed by atoms with Gasteiger partial charge in [-0.3, -0.25) is 27.7 Å². The zero-order valence-corrected chi connectivity index (χ0v) is 46.6. The van der Waals surface area contributed by atoms with Crippen molar-refractivity contribution < 1.29 is 46.1 Å². The second-order valence-electron chi connectivity index (χ2n) is 15.5. The van der Waals surface area contributed by atoms with Crippen molar-refractivity contribution in [2.24, 2.45) is 5.73 Å². The average molecular weight is 1160 g/mol. The van der Waals surface area contributed by atoms with Gasteiger partial charge in [-0.15, -0.1) is 34.4 Å². The number of aromatic nitrogens is 4. The van der Waals surface area contributed by atoms with Crippen LogP contribution in [-0.2, 0) is 51.1 Å². The predicted octanol–water partition coefficient (Wildman–Crippen LogP) is 10.1. The molecule has 1 atom stereocenters. The summed E-state index contributed by atoms with van der Waals surface area (Å²) >= 11 is 4.06. The number of carbonyl (C=O) groups excluding carboxylic acids is 1. The normalized spacial score (nSPS) is 11.4. The van der Waals surface area contributed by atoms with E-state index in [0.717, 1.165) is 26.9 Å². The Balaban J connectivity index is 0.000000618. The van der Waals surface area contributed by atoms with Crippen molar-refractivity contribution in [2.45, 2.75) is 76.9 Å². The van der Waals surface area contributed by atoms with Crippen molar-refractivity contribution in [3.8, 4) is 0 Å². The van der Waals surface area contributed by atoms with E-state index in [1.54, 1.807) is 59.7 Å². The van der Waals surface area contributed by atoms with Gasteiger partial charge in [0.25, 0.3) is 17.0 Å². The molecule has 0 aliphatic rings. The fourth-order valence-electron chi connectivity index (χ4n) is 6.69. The molecule has 20 nitrogen and oxygen atoms in total. The highest BCUT2D eigenvalue weighted by molar-refractivity contribution is 8.04. The lowest BCUT2D eigenvalue weighted by Gasteiger charge is -2.17. The van der Waals surface area contributed by atoms with E-state index in [9.17, 15) is 32.5 Å². The Morgan fingerprint density at radius 2 is 1.17 bits per heavy atom. The number of thioether (sulfide) groups is 1. The molecule has 0 spiro atoms. The Morgan fingerprint density at radius 3 is 1.60 bits per heavy atom. The Labute approximate surface area is 455 Å². The Bertz CT molecular complexity index is 2970. The number of carboxylic acid groups (broad SMARTS) is 1. The molecule has 0 aliphatic carbocycles. The van der Waals surface area contributed by atoms with Crippen LogP contribution in [0.25, 0.3) is 21.8 Å². The van der Waals surface area contributed by atoms with E-state index in [1.807, 2.05) is 66.4 Å². The summed E-state index contributed by atoms with van der Waals surface area (Å²) in [7, 11) is -3.90. The number of thiophene rings is 2. The van der Waals surface area contributed by atoms with E-state index in [1.165, 1.54) is 34.4 Å². The van der Waals surface area contributed by atoms with Crippen LogP contribution in [0.3, 0.4) is 0 Å². The quantitative estimate of drug-likeness (QED) is 0.0263. The number of hydrogen-bond donors (Lipinski definition) is 5. The molecule has 0 aliphatic heterocycles. The highest BCUT2D eigenvalue weighted by Crippen LogP contribution is 2.50. The third-order valence-corrected chi connectivity index (χ3v) is 20.3. The van der Waals surface area contributed by atoms with Gasteiger partial charge in [-0.05, 0) is 101 Å². The highest BCUT2D eigenvalue weighted by atomic mass is 32.2. The van der Waals surface area contributed by atoms with Gasteiger partial charge in [-0.1, -0.05) is 34.4 Å². The van der Waals surface area contributed by atoms with Gasteiger partial charge in [-0.25, -0.2) is 14.8 Å². The second kappa shape index (κ2) is 33.5. The fourth-order valence-corrected chi connectivity index (χ4v) is 15.1. The fraction of sp³-hybridized carbons (Fsp3) is 0.469. The number of nitrogens with one attached hydrogen (secondary N) is 3. The summed E-state index contributed by atoms with van der Waals surface area (Å²) in [6, 6.07) is 18.1. The molecule has 6 rings (SSSR count). The standard InChI is InChI=1S/C23H31N4O6PS2.C16H15N3O3S.C7H18NO3PS.3CH4/c1-5-32-34(30,33-6-2)15-36(31)12-11-24-23(29)20-9-10-21(35-20)27(4)14-17-7-8-19-18(13-17)22(28)26-16(3)25-19;1-9-17-12-4-3-10(7-11(12)15(20)18-9)8-19(2)14-6-5-13(23-14)16(21)22;1-3-10-12(9,11-4-2)7-13-6-5-8;;;/h7-10,13H,5-6,11-12,14-15H2,1-4H3,(H,24,29)(H,25,26,28);3-7H,8H2,1-2H3,(H,21,22)(H,17,18,20);3-8H2,1-2H3;3*1H4. The number of nitrogens with zero attached hydrogens (tertiary/aromatic N) is 4. The van der Waals surface area contributed by atoms with E-state index < -0.39 is 32.0 Å². The third-order valence-electron chi connectivity index (χ3n) is 9.72. The molecule has 0 radical (unpaired) electrons. The number of aryl methyl sites for hydroxylation is 2. The molecule has 6 N–H and O–H groups in total. The van der Waals surface area contributed by atoms with Crippen molar-refractivity contribution in [2.75, 3.05) is 85.9 Å². The number of benzene rings is 2. The van der Waals surface area contributed by atoms with Gasteiger partial charge in [0.05, 0.1) is 68.6 Å². The zero-order chi connectivity index (χ0) is 53.0. The van der Waals surface area contributed by atoms with Gasteiger partial charge in [0, 0.05) is 62.6 Å². The molecule has 1 amide bonds. The van der Waals surface area contributed by atoms with Gasteiger partial charge in [0.1, 0.15) is 22.0 Å². The van der Waals surface area contributed by atoms with Gasteiger partial charge >= 0.3 is 21.2 Å². The monoisotopic (exact) mass is 1160 g/mol. The Morgan fingerprint density at radius 1 is 0.733 bits per heavy atom. The third kappa shape index (κ3) is 21.8. The van der Waals surface area contributed by atoms with Crippen LogP contribution in [0.2, 0.25) is 0 Å². The molecule has 0 fully saturated rings. The van der Waals surface area contributed by atoms with Crippen LogP contribution in [0.5, 0.6) is 0 Å². The maximum atomic E-state index is 12.6. The topological polar surface area (TPSA) is 279 Å². The van der Waals surface area contributed by atoms with Crippen molar-refractivity contribution in [3.63, 3.8) is 0 Å². The second-order valence-corrected chi connectivity index (χ2v) is 25.3. The van der Waals surface area contributed by atoms with Crippen LogP contribution < -0.4 is 32.0 Å². The van der Waals surface area contributed by atoms with E-state index in [2.05, 4.69) is 25.3 Å². The molecule has 26 heteroatoms. The first-order valence-corrected chi connectivity index (χ1v) is 30.5. The number of amides is 1. The van der Waals surface area contributed by atoms with Crippen LogP contribution in [0, 0.1) is 13.8 Å². The van der Waals surface area contributed by atoms with Crippen LogP contribution in [0.1, 0.15) is 92.1 Å². The van der Waals surface area contributed by atoms with Crippen molar-refractivity contribution >= 4 is 104 Å². The van der Waals surface area contributed by atoms with Crippen LogP contribution in [0.4, 0.5) is 10.0 Å². The summed E-state index contributed by atoms with van der Waals surface area (Å²) in [4.78, 5) is 66.6. The first-order chi connectivity index (χ1) is 34.3. The minimum absolute atomic E-state index is 0. The largest absolute Gasteiger partial charge is 0.477 e. The number of rotatable bonds is 25. The molecule has 0 bridgehead atoms. The maximum absolute atomic E-state index is 12.6. The van der Waals surface area contributed by atoms with E-state index in [-0.39, 0.29) is 70.3 Å². The first kappa shape index (κ1) is 68.4. The predicted molar refractivity (Wildman–Crippen MR) is 313 cm³/mol. The van der Waals surface area contributed by atoms with E-state index >= 15 is 0 Å². The van der Waals surface area contributed by atoms with Gasteiger partial charge in [0.2, 0.25) is 0 Å². The average Bonchev–Trinajstić information content (AvgIpc) is 4.03. The number of anilines is 2. The summed E-state index contributed by atoms with van der Waals surface area (Å²) in [5.41, 5.74) is 8.41. The first-order valence-electron chi connectivity index (χ1n) is 22.8. The van der Waals surface area contributed by atoms with Gasteiger partial charge < -0.3 is 54.0 Å². The lowest BCUT2D eigenvalue weighted by atomic mass is 10.1.